The van der Waals surface area contributed by atoms with E-state index in [-0.39, 0.29) is 0 Å². The molecule has 0 bridgehead atoms. The molecule has 0 saturated carbocycles. The minimum atomic E-state index is 0.517. The van der Waals surface area contributed by atoms with Gasteiger partial charge in [-0.05, 0) is 30.3 Å². The summed E-state index contributed by atoms with van der Waals surface area (Å²) < 4.78 is 7.39. The van der Waals surface area contributed by atoms with Gasteiger partial charge < -0.3 is 9.84 Å². The average Bonchev–Trinajstić information content (AvgIpc) is 3.07. The summed E-state index contributed by atoms with van der Waals surface area (Å²) in [5.74, 6) is 1.48. The fraction of sp³-hybridized carbons (Fsp3) is 0.0769. The summed E-state index contributed by atoms with van der Waals surface area (Å²) in [6.45, 7) is 0.517. The van der Waals surface area contributed by atoms with Gasteiger partial charge in [0.2, 0.25) is 0 Å². The van der Waals surface area contributed by atoms with E-state index in [0.29, 0.717) is 22.4 Å². The molecule has 2 aromatic heterocycles. The zero-order chi connectivity index (χ0) is 13.9. The monoisotopic (exact) mass is 308 g/mol. The Hall–Kier alpha value is -1.98. The molecule has 0 unspecified atom stereocenters. The predicted octanol–water partition coefficient (Wildman–Crippen LogP) is 3.59. The second-order valence-corrected chi connectivity index (χ2v) is 4.94. The number of furan rings is 1. The van der Waals surface area contributed by atoms with Crippen molar-refractivity contribution >= 4 is 23.2 Å². The first-order valence-corrected chi connectivity index (χ1v) is 6.60. The van der Waals surface area contributed by atoms with Gasteiger partial charge in [-0.2, -0.15) is 0 Å². The third kappa shape index (κ3) is 2.79. The normalized spacial score (nSPS) is 10.7. The van der Waals surface area contributed by atoms with E-state index in [0.717, 1.165) is 11.3 Å². The molecule has 3 rings (SSSR count). The van der Waals surface area contributed by atoms with Gasteiger partial charge in [0.15, 0.2) is 0 Å². The molecule has 3 aromatic rings. The van der Waals surface area contributed by atoms with Crippen LogP contribution >= 0.6 is 23.2 Å². The summed E-state index contributed by atoms with van der Waals surface area (Å²) >= 11 is 12.0. The minimum Gasteiger partial charge on any atom is -0.459 e. The fourth-order valence-electron chi connectivity index (χ4n) is 1.76. The Balaban J connectivity index is 1.76. The first-order valence-electron chi connectivity index (χ1n) is 5.85. The fourth-order valence-corrected chi connectivity index (χ4v) is 2.26. The van der Waals surface area contributed by atoms with Crippen LogP contribution in [0.2, 0.25) is 10.0 Å². The lowest BCUT2D eigenvalue weighted by molar-refractivity contribution is 0.523. The number of rotatable bonds is 4. The molecule has 2 heterocycles. The molecule has 0 amide bonds. The lowest BCUT2D eigenvalue weighted by Crippen LogP contribution is -2.11. The maximum atomic E-state index is 6.15. The van der Waals surface area contributed by atoms with Crippen molar-refractivity contribution in [2.24, 2.45) is 0 Å². The zero-order valence-electron chi connectivity index (χ0n) is 10.3. The van der Waals surface area contributed by atoms with E-state index in [1.807, 2.05) is 18.2 Å². The molecule has 1 aromatic carbocycles. The van der Waals surface area contributed by atoms with Crippen molar-refractivity contribution in [2.75, 3.05) is 5.43 Å². The second kappa shape index (κ2) is 5.56. The van der Waals surface area contributed by atoms with Gasteiger partial charge >= 0.3 is 0 Å². The highest BCUT2D eigenvalue weighted by atomic mass is 35.5. The number of aromatic nitrogens is 3. The van der Waals surface area contributed by atoms with Gasteiger partial charge in [-0.15, -0.1) is 10.2 Å². The highest BCUT2D eigenvalue weighted by Crippen LogP contribution is 2.31. The molecule has 0 saturated heterocycles. The van der Waals surface area contributed by atoms with Crippen molar-refractivity contribution in [1.82, 2.24) is 14.9 Å². The van der Waals surface area contributed by atoms with Crippen molar-refractivity contribution in [3.8, 4) is 11.3 Å². The Kier molecular flexibility index (Phi) is 3.62. The van der Waals surface area contributed by atoms with Crippen LogP contribution < -0.4 is 5.43 Å². The molecule has 0 radical (unpaired) electrons. The smallest absolute Gasteiger partial charge is 0.138 e. The van der Waals surface area contributed by atoms with E-state index in [9.17, 15) is 0 Å². The van der Waals surface area contributed by atoms with E-state index in [2.05, 4.69) is 15.6 Å². The third-order valence-electron chi connectivity index (χ3n) is 2.71. The van der Waals surface area contributed by atoms with Crippen LogP contribution in [-0.4, -0.2) is 14.9 Å². The van der Waals surface area contributed by atoms with Gasteiger partial charge in [0, 0.05) is 10.6 Å². The van der Waals surface area contributed by atoms with Crippen LogP contribution in [-0.2, 0) is 6.54 Å². The predicted molar refractivity (Wildman–Crippen MR) is 77.3 cm³/mol. The lowest BCUT2D eigenvalue weighted by atomic mass is 10.2. The molecular formula is C13H10Cl2N4O. The van der Waals surface area contributed by atoms with Crippen LogP contribution in [0.15, 0.2) is 47.4 Å². The van der Waals surface area contributed by atoms with E-state index >= 15 is 0 Å². The molecule has 0 aliphatic carbocycles. The van der Waals surface area contributed by atoms with Crippen LogP contribution in [0.25, 0.3) is 11.3 Å². The van der Waals surface area contributed by atoms with Gasteiger partial charge in [0.25, 0.3) is 0 Å². The Bertz CT molecular complexity index is 709. The van der Waals surface area contributed by atoms with Crippen LogP contribution in [0.5, 0.6) is 0 Å². The highest BCUT2D eigenvalue weighted by molar-refractivity contribution is 6.36. The first kappa shape index (κ1) is 13.0. The molecular weight excluding hydrogens is 299 g/mol. The van der Waals surface area contributed by atoms with Crippen molar-refractivity contribution in [1.29, 1.82) is 0 Å². The van der Waals surface area contributed by atoms with Gasteiger partial charge in [0.1, 0.15) is 24.2 Å². The first-order chi connectivity index (χ1) is 9.72. The molecule has 0 aliphatic rings. The van der Waals surface area contributed by atoms with Crippen LogP contribution in [0.3, 0.4) is 0 Å². The number of nitrogens with zero attached hydrogens (tertiary/aromatic N) is 3. The zero-order valence-corrected chi connectivity index (χ0v) is 11.8. The average molecular weight is 309 g/mol. The van der Waals surface area contributed by atoms with Crippen LogP contribution in [0.4, 0.5) is 0 Å². The summed E-state index contributed by atoms with van der Waals surface area (Å²) in [6.07, 6.45) is 3.14. The highest BCUT2D eigenvalue weighted by Gasteiger charge is 2.09. The minimum absolute atomic E-state index is 0.517. The standard InChI is InChI=1S/C13H10Cl2N4O/c14-9-1-3-11(12(15)5-9)13-4-2-10(20-13)6-18-19-7-16-17-8-19/h1-5,7-8,18H,6H2. The number of hydrogen-bond donors (Lipinski definition) is 1. The molecule has 20 heavy (non-hydrogen) atoms. The molecule has 5 nitrogen and oxygen atoms in total. The van der Waals surface area contributed by atoms with Gasteiger partial charge in [-0.3, -0.25) is 0 Å². The van der Waals surface area contributed by atoms with E-state index in [1.165, 1.54) is 0 Å². The summed E-state index contributed by atoms with van der Waals surface area (Å²) in [4.78, 5) is 0. The lowest BCUT2D eigenvalue weighted by Gasteiger charge is -2.04. The third-order valence-corrected chi connectivity index (χ3v) is 3.26. The summed E-state index contributed by atoms with van der Waals surface area (Å²) in [5, 5.41) is 8.55. The summed E-state index contributed by atoms with van der Waals surface area (Å²) in [7, 11) is 0. The maximum Gasteiger partial charge on any atom is 0.138 e. The SMILES string of the molecule is Clc1ccc(-c2ccc(CNn3cnnc3)o2)c(Cl)c1. The second-order valence-electron chi connectivity index (χ2n) is 4.09. The van der Waals surface area contributed by atoms with E-state index in [4.69, 9.17) is 27.6 Å². The van der Waals surface area contributed by atoms with E-state index in [1.54, 1.807) is 29.5 Å². The van der Waals surface area contributed by atoms with Crippen molar-refractivity contribution in [2.45, 2.75) is 6.54 Å². The van der Waals surface area contributed by atoms with E-state index < -0.39 is 0 Å². The van der Waals surface area contributed by atoms with Crippen molar-refractivity contribution in [3.63, 3.8) is 0 Å². The maximum absolute atomic E-state index is 6.15. The van der Waals surface area contributed by atoms with Gasteiger partial charge in [-0.1, -0.05) is 23.2 Å². The molecule has 0 spiro atoms. The molecule has 102 valence electrons. The summed E-state index contributed by atoms with van der Waals surface area (Å²) in [6, 6.07) is 9.06. The van der Waals surface area contributed by atoms with Crippen LogP contribution in [0, 0.1) is 0 Å². The number of halogens is 2. The topological polar surface area (TPSA) is 55.9 Å². The van der Waals surface area contributed by atoms with Gasteiger partial charge in [0.05, 0.1) is 11.6 Å². The Morgan fingerprint density at radius 2 is 1.90 bits per heavy atom. The number of hydrogen-bond acceptors (Lipinski definition) is 4. The molecule has 7 heteroatoms. The molecule has 0 fully saturated rings. The van der Waals surface area contributed by atoms with Gasteiger partial charge in [-0.25, -0.2) is 4.68 Å². The quantitative estimate of drug-likeness (QED) is 0.800. The Morgan fingerprint density at radius 1 is 1.10 bits per heavy atom. The Morgan fingerprint density at radius 3 is 2.65 bits per heavy atom. The molecule has 0 atom stereocenters. The van der Waals surface area contributed by atoms with Crippen molar-refractivity contribution in [3.05, 3.63) is 58.8 Å². The number of nitrogens with one attached hydrogen (secondary N) is 1. The molecule has 0 aliphatic heterocycles. The van der Waals surface area contributed by atoms with Crippen molar-refractivity contribution < 1.29 is 4.42 Å². The molecule has 1 N–H and O–H groups in total. The number of benzene rings is 1. The van der Waals surface area contributed by atoms with Crippen LogP contribution in [0.1, 0.15) is 5.76 Å². The largest absolute Gasteiger partial charge is 0.459 e. The Labute approximate surface area is 125 Å². The summed E-state index contributed by atoms with van der Waals surface area (Å²) in [5.41, 5.74) is 3.88.